The van der Waals surface area contributed by atoms with Crippen LogP contribution in [0.15, 0.2) is 24.3 Å². The van der Waals surface area contributed by atoms with Gasteiger partial charge in [-0.2, -0.15) is 8.78 Å². The second kappa shape index (κ2) is 15.1. The number of cyclic esters (lactones) is 1. The molecule has 2 aromatic rings. The number of nitrogens with zero attached hydrogens (tertiary/aromatic N) is 3. The summed E-state index contributed by atoms with van der Waals surface area (Å²) in [6.45, 7) is 3.10. The average molecular weight is 789 g/mol. The molecule has 4 amide bonds. The summed E-state index contributed by atoms with van der Waals surface area (Å²) in [5.74, 6) is -7.51. The van der Waals surface area contributed by atoms with Gasteiger partial charge < -0.3 is 25.0 Å². The number of halogens is 2. The van der Waals surface area contributed by atoms with Crippen LogP contribution in [0.25, 0.3) is 11.0 Å². The Balaban J connectivity index is 1.27. The number of alkyl halides is 2. The van der Waals surface area contributed by atoms with Crippen molar-refractivity contribution in [2.75, 3.05) is 19.7 Å². The lowest BCUT2D eigenvalue weighted by molar-refractivity contribution is -0.134. The van der Waals surface area contributed by atoms with Gasteiger partial charge in [-0.25, -0.2) is 23.2 Å². The summed E-state index contributed by atoms with van der Waals surface area (Å²) >= 11 is 0. The van der Waals surface area contributed by atoms with Crippen LogP contribution in [0.5, 0.6) is 5.88 Å². The maximum Gasteiger partial charge on any atom is 0.407 e. The summed E-state index contributed by atoms with van der Waals surface area (Å²) in [5.41, 5.74) is -2.35. The predicted molar refractivity (Wildman–Crippen MR) is 195 cm³/mol. The van der Waals surface area contributed by atoms with Crippen LogP contribution in [0.2, 0.25) is 0 Å². The van der Waals surface area contributed by atoms with Gasteiger partial charge in [0.05, 0.1) is 35.4 Å². The van der Waals surface area contributed by atoms with Crippen molar-refractivity contribution in [2.24, 2.45) is 17.3 Å². The largest absolute Gasteiger partial charge is 0.470 e. The maximum atomic E-state index is 16.3. The van der Waals surface area contributed by atoms with Crippen LogP contribution in [0.3, 0.4) is 0 Å². The van der Waals surface area contributed by atoms with Gasteiger partial charge >= 0.3 is 6.09 Å². The Morgan fingerprint density at radius 2 is 1.62 bits per heavy atom. The van der Waals surface area contributed by atoms with E-state index in [0.717, 1.165) is 25.7 Å². The lowest BCUT2D eigenvalue weighted by Gasteiger charge is -2.27. The third kappa shape index (κ3) is 8.65. The normalized spacial score (nSPS) is 30.5. The monoisotopic (exact) mass is 788 g/mol. The SMILES string of the molecule is CC1(C)CCCC(F)(F)c2nc3ccccc3nc2O[C@H]2CN3CC2C(=O)N[C@]2(C(=O)NS(=O)(=O)C4CC4)C[C@H]2CCCCCCC[C@H](NC(=O)OC1)C3=O. The molecule has 2 saturated heterocycles. The number of amides is 4. The van der Waals surface area contributed by atoms with E-state index in [2.05, 4.69) is 25.3 Å². The molecule has 17 heteroatoms. The fraction of sp³-hybridized carbons (Fsp3) is 0.684. The number of benzene rings is 1. The molecule has 2 saturated carbocycles. The third-order valence-corrected chi connectivity index (χ3v) is 13.5. The maximum absolute atomic E-state index is 16.3. The van der Waals surface area contributed by atoms with E-state index < -0.39 is 92.0 Å². The number of hydrogen-bond acceptors (Lipinski definition) is 10. The van der Waals surface area contributed by atoms with Crippen molar-refractivity contribution in [1.82, 2.24) is 30.2 Å². The Morgan fingerprint density at radius 1 is 0.927 bits per heavy atom. The summed E-state index contributed by atoms with van der Waals surface area (Å²) in [4.78, 5) is 65.7. The van der Waals surface area contributed by atoms with Crippen molar-refractivity contribution >= 4 is 44.9 Å². The summed E-state index contributed by atoms with van der Waals surface area (Å²) in [6.07, 6.45) is 3.44. The minimum atomic E-state index is -3.93. The summed E-state index contributed by atoms with van der Waals surface area (Å²) < 4.78 is 72.3. The molecule has 2 aliphatic carbocycles. The summed E-state index contributed by atoms with van der Waals surface area (Å²) in [7, 11) is -3.93. The minimum Gasteiger partial charge on any atom is -0.470 e. The van der Waals surface area contributed by atoms with Gasteiger partial charge in [0, 0.05) is 13.0 Å². The Labute approximate surface area is 319 Å². The van der Waals surface area contributed by atoms with Crippen molar-refractivity contribution in [3.05, 3.63) is 30.0 Å². The van der Waals surface area contributed by atoms with E-state index in [4.69, 9.17) is 9.47 Å². The zero-order valence-electron chi connectivity index (χ0n) is 31.3. The Morgan fingerprint density at radius 3 is 2.35 bits per heavy atom. The van der Waals surface area contributed by atoms with E-state index >= 15 is 8.78 Å². The zero-order valence-corrected chi connectivity index (χ0v) is 32.1. The highest BCUT2D eigenvalue weighted by Crippen LogP contribution is 2.48. The highest BCUT2D eigenvalue weighted by molar-refractivity contribution is 7.91. The average Bonchev–Trinajstić information content (AvgIpc) is 4.05. The highest BCUT2D eigenvalue weighted by atomic mass is 32.2. The number of carbonyl (C=O) groups is 4. The molecule has 3 N–H and O–H groups in total. The van der Waals surface area contributed by atoms with Crippen LogP contribution >= 0.6 is 0 Å². The smallest absolute Gasteiger partial charge is 0.407 e. The number of para-hydroxylation sites is 2. The summed E-state index contributed by atoms with van der Waals surface area (Å²) in [5, 5.41) is 4.92. The Bertz CT molecular complexity index is 1940. The van der Waals surface area contributed by atoms with Crippen LogP contribution in [-0.2, 0) is 35.1 Å². The quantitative estimate of drug-likeness (QED) is 0.401. The molecule has 1 unspecified atom stereocenters. The molecule has 1 aromatic carbocycles. The molecule has 55 heavy (non-hydrogen) atoms. The van der Waals surface area contributed by atoms with Crippen molar-refractivity contribution < 1.29 is 45.9 Å². The van der Waals surface area contributed by atoms with E-state index in [1.807, 2.05) is 13.8 Å². The van der Waals surface area contributed by atoms with Gasteiger partial charge in [0.15, 0.2) is 5.69 Å². The van der Waals surface area contributed by atoms with E-state index in [9.17, 15) is 27.6 Å². The summed E-state index contributed by atoms with van der Waals surface area (Å²) in [6, 6.07) is 5.51. The van der Waals surface area contributed by atoms with E-state index in [1.165, 1.54) is 4.90 Å². The standard InChI is InChI=1S/C38H50F2N6O8S/c1-36(2)17-10-18-38(39,40)30-32(42-27-13-9-8-12-26(27)41-30)54-29-21-46-20-25(29)31(47)44-37(34(49)45-55(51,52)24-15-16-24)19-23(37)11-6-4-3-5-7-14-28(33(46)48)43-35(50)53-22-36/h8-9,12-13,23-25,28-29H,3-7,10-11,14-22H2,1-2H3,(H,43,50)(H,44,47)(H,45,49)/t23-,25?,28+,29+,37-/m1/s1. The molecule has 5 atom stereocenters. The lowest BCUT2D eigenvalue weighted by atomic mass is 9.87. The first kappa shape index (κ1) is 39.1. The van der Waals surface area contributed by atoms with Crippen LogP contribution in [-0.4, -0.2) is 89.7 Å². The van der Waals surface area contributed by atoms with Crippen molar-refractivity contribution in [3.63, 3.8) is 0 Å². The number of sulfonamides is 1. The minimum absolute atomic E-state index is 0.0457. The van der Waals surface area contributed by atoms with Crippen molar-refractivity contribution in [3.8, 4) is 5.88 Å². The first-order valence-electron chi connectivity index (χ1n) is 19.5. The Hall–Kier alpha value is -4.15. The molecule has 4 heterocycles. The topological polar surface area (TPSA) is 186 Å². The third-order valence-electron chi connectivity index (χ3n) is 11.7. The number of hydrogen-bond donors (Lipinski definition) is 3. The highest BCUT2D eigenvalue weighted by Gasteiger charge is 2.62. The van der Waals surface area contributed by atoms with Gasteiger partial charge in [-0.1, -0.05) is 58.1 Å². The number of nitrogens with one attached hydrogen (secondary N) is 3. The Kier molecular flexibility index (Phi) is 10.7. The zero-order chi connectivity index (χ0) is 39.2. The van der Waals surface area contributed by atoms with Crippen LogP contribution in [0.1, 0.15) is 103 Å². The van der Waals surface area contributed by atoms with Crippen molar-refractivity contribution in [1.29, 1.82) is 0 Å². The number of alkyl carbamates (subject to hydrolysis) is 1. The molecule has 0 radical (unpaired) electrons. The molecule has 14 nitrogen and oxygen atoms in total. The number of rotatable bonds is 3. The number of aromatic nitrogens is 2. The molecule has 4 bridgehead atoms. The first-order chi connectivity index (χ1) is 26.1. The number of carbonyl (C=O) groups excluding carboxylic acids is 4. The molecular formula is C38H50F2N6O8S. The number of fused-ring (bicyclic) bond motifs is 7. The van der Waals surface area contributed by atoms with Gasteiger partial charge in [-0.15, -0.1) is 0 Å². The van der Waals surface area contributed by atoms with Crippen LogP contribution in [0, 0.1) is 17.3 Å². The van der Waals surface area contributed by atoms with E-state index in [0.29, 0.717) is 32.1 Å². The predicted octanol–water partition coefficient (Wildman–Crippen LogP) is 4.46. The molecule has 300 valence electrons. The van der Waals surface area contributed by atoms with Gasteiger partial charge in [-0.05, 0) is 68.4 Å². The molecule has 5 aliphatic rings. The van der Waals surface area contributed by atoms with E-state index in [1.54, 1.807) is 24.3 Å². The van der Waals surface area contributed by atoms with Gasteiger partial charge in [0.2, 0.25) is 27.7 Å². The molecule has 7 rings (SSSR count). The fourth-order valence-corrected chi connectivity index (χ4v) is 9.47. The lowest BCUT2D eigenvalue weighted by Crippen LogP contribution is -2.55. The fourth-order valence-electron chi connectivity index (χ4n) is 8.11. The molecule has 4 fully saturated rings. The van der Waals surface area contributed by atoms with E-state index in [-0.39, 0.29) is 55.9 Å². The van der Waals surface area contributed by atoms with Crippen LogP contribution in [0.4, 0.5) is 13.6 Å². The first-order valence-corrected chi connectivity index (χ1v) is 21.0. The van der Waals surface area contributed by atoms with Crippen molar-refractivity contribution in [2.45, 2.75) is 126 Å². The van der Waals surface area contributed by atoms with Crippen LogP contribution < -0.4 is 20.1 Å². The second-order valence-electron chi connectivity index (χ2n) is 16.7. The van der Waals surface area contributed by atoms with Gasteiger partial charge in [-0.3, -0.25) is 19.1 Å². The number of ether oxygens (including phenoxy) is 2. The molecule has 0 spiro atoms. The van der Waals surface area contributed by atoms with Gasteiger partial charge in [0.1, 0.15) is 17.7 Å². The molecule has 1 aromatic heterocycles. The van der Waals surface area contributed by atoms with Gasteiger partial charge in [0.25, 0.3) is 11.8 Å². The molecular weight excluding hydrogens is 739 g/mol. The second-order valence-corrected chi connectivity index (χ2v) is 18.7. The molecule has 3 aliphatic heterocycles.